The zero-order valence-corrected chi connectivity index (χ0v) is 10.8. The number of halogens is 1. The average molecular weight is 264 g/mol. The lowest BCUT2D eigenvalue weighted by Gasteiger charge is -2.10. The molecule has 0 amide bonds. The largest absolute Gasteiger partial charge is 0.240 e. The van der Waals surface area contributed by atoms with Gasteiger partial charge in [0.15, 0.2) is 0 Å². The third kappa shape index (κ3) is 1.91. The number of hydrogen-bond donors (Lipinski definition) is 0. The second-order valence-corrected chi connectivity index (χ2v) is 4.92. The fourth-order valence-electron chi connectivity index (χ4n) is 1.77. The zero-order chi connectivity index (χ0) is 11.0. The lowest BCUT2D eigenvalue weighted by atomic mass is 9.99. The van der Waals surface area contributed by atoms with Crippen LogP contribution in [0, 0.1) is 6.92 Å². The Kier molecular flexibility index (Phi) is 2.79. The Morgan fingerprint density at radius 3 is 2.67 bits per heavy atom. The Balaban J connectivity index is 2.80. The third-order valence-electron chi connectivity index (χ3n) is 2.63. The van der Waals surface area contributed by atoms with Gasteiger partial charge in [0.05, 0.1) is 5.52 Å². The second-order valence-electron chi connectivity index (χ2n) is 4.17. The van der Waals surface area contributed by atoms with Crippen molar-refractivity contribution in [3.63, 3.8) is 0 Å². The van der Waals surface area contributed by atoms with E-state index in [0.717, 1.165) is 10.1 Å². The van der Waals surface area contributed by atoms with Gasteiger partial charge in [0, 0.05) is 5.39 Å². The molecule has 0 N–H and O–H groups in total. The van der Waals surface area contributed by atoms with E-state index in [4.69, 9.17) is 0 Å². The summed E-state index contributed by atoms with van der Waals surface area (Å²) in [6, 6.07) is 8.56. The maximum Gasteiger partial charge on any atom is 0.109 e. The molecule has 0 saturated heterocycles. The summed E-state index contributed by atoms with van der Waals surface area (Å²) in [5.41, 5.74) is 3.61. The first-order chi connectivity index (χ1) is 7.09. The Morgan fingerprint density at radius 1 is 1.27 bits per heavy atom. The monoisotopic (exact) mass is 263 g/mol. The number of pyridine rings is 1. The summed E-state index contributed by atoms with van der Waals surface area (Å²) in [7, 11) is 0. The van der Waals surface area contributed by atoms with E-state index in [1.165, 1.54) is 16.5 Å². The second kappa shape index (κ2) is 3.93. The highest BCUT2D eigenvalue weighted by Gasteiger charge is 2.07. The van der Waals surface area contributed by atoms with Gasteiger partial charge in [0.2, 0.25) is 0 Å². The van der Waals surface area contributed by atoms with Crippen molar-refractivity contribution >= 4 is 26.8 Å². The molecule has 0 unspecified atom stereocenters. The Labute approximate surface area is 98.7 Å². The van der Waals surface area contributed by atoms with E-state index in [1.807, 2.05) is 0 Å². The molecule has 0 radical (unpaired) electrons. The molecule has 0 atom stereocenters. The van der Waals surface area contributed by atoms with Crippen molar-refractivity contribution in [3.05, 3.63) is 40.0 Å². The number of nitrogens with zero attached hydrogens (tertiary/aromatic N) is 1. The minimum atomic E-state index is 0.510. The van der Waals surface area contributed by atoms with E-state index in [1.54, 1.807) is 0 Å². The smallest absolute Gasteiger partial charge is 0.109 e. The highest BCUT2D eigenvalue weighted by molar-refractivity contribution is 9.10. The summed E-state index contributed by atoms with van der Waals surface area (Å²) >= 11 is 3.49. The van der Waals surface area contributed by atoms with Crippen molar-refractivity contribution in [2.45, 2.75) is 26.7 Å². The van der Waals surface area contributed by atoms with E-state index in [9.17, 15) is 0 Å². The molecule has 2 aromatic rings. The summed E-state index contributed by atoms with van der Waals surface area (Å²) < 4.78 is 0.947. The number of para-hydroxylation sites is 1. The molecule has 15 heavy (non-hydrogen) atoms. The van der Waals surface area contributed by atoms with Crippen LogP contribution < -0.4 is 0 Å². The number of fused-ring (bicyclic) bond motifs is 1. The zero-order valence-electron chi connectivity index (χ0n) is 9.21. The topological polar surface area (TPSA) is 12.9 Å². The highest BCUT2D eigenvalue weighted by atomic mass is 79.9. The van der Waals surface area contributed by atoms with Crippen LogP contribution >= 0.6 is 15.9 Å². The van der Waals surface area contributed by atoms with E-state index in [0.29, 0.717) is 5.92 Å². The molecule has 0 bridgehead atoms. The fraction of sp³-hybridized carbons (Fsp3) is 0.308. The van der Waals surface area contributed by atoms with Gasteiger partial charge in [-0.2, -0.15) is 0 Å². The normalized spacial score (nSPS) is 11.3. The third-order valence-corrected chi connectivity index (χ3v) is 3.43. The van der Waals surface area contributed by atoms with Crippen LogP contribution in [0.15, 0.2) is 28.9 Å². The number of hydrogen-bond acceptors (Lipinski definition) is 1. The van der Waals surface area contributed by atoms with Gasteiger partial charge >= 0.3 is 0 Å². The van der Waals surface area contributed by atoms with E-state index < -0.39 is 0 Å². The fourth-order valence-corrected chi connectivity index (χ4v) is 2.06. The van der Waals surface area contributed by atoms with Crippen LogP contribution in [-0.4, -0.2) is 4.98 Å². The Morgan fingerprint density at radius 2 is 2.00 bits per heavy atom. The summed E-state index contributed by atoms with van der Waals surface area (Å²) in [5, 5.41) is 1.22. The molecule has 0 saturated carbocycles. The Bertz CT molecular complexity index is 503. The lowest BCUT2D eigenvalue weighted by Crippen LogP contribution is -1.93. The highest BCUT2D eigenvalue weighted by Crippen LogP contribution is 2.26. The summed E-state index contributed by atoms with van der Waals surface area (Å²) in [6.07, 6.45) is 0. The molecule has 2 rings (SSSR count). The van der Waals surface area contributed by atoms with Crippen LogP contribution in [0.2, 0.25) is 0 Å². The molecule has 1 nitrogen and oxygen atoms in total. The van der Waals surface area contributed by atoms with Gasteiger partial charge in [-0.1, -0.05) is 32.0 Å². The quantitative estimate of drug-likeness (QED) is 0.694. The minimum absolute atomic E-state index is 0.510. The maximum absolute atomic E-state index is 4.61. The van der Waals surface area contributed by atoms with Gasteiger partial charge in [0.1, 0.15) is 4.60 Å². The molecule has 0 aliphatic carbocycles. The van der Waals surface area contributed by atoms with Gasteiger partial charge in [0.25, 0.3) is 0 Å². The summed E-state index contributed by atoms with van der Waals surface area (Å²) in [4.78, 5) is 4.61. The van der Waals surface area contributed by atoms with Crippen molar-refractivity contribution in [3.8, 4) is 0 Å². The molecule has 1 aromatic carbocycles. The van der Waals surface area contributed by atoms with Crippen molar-refractivity contribution in [1.29, 1.82) is 0 Å². The first kappa shape index (κ1) is 10.6. The van der Waals surface area contributed by atoms with Gasteiger partial charge in [-0.05, 0) is 46.0 Å². The molecule has 78 valence electrons. The molecule has 1 heterocycles. The van der Waals surface area contributed by atoms with Gasteiger partial charge in [-0.15, -0.1) is 0 Å². The number of benzene rings is 1. The van der Waals surface area contributed by atoms with Crippen LogP contribution in [0.25, 0.3) is 10.9 Å². The standard InChI is InChI=1S/C13H14BrN/c1-8(2)11-6-4-5-10-7-9(3)13(14)15-12(10)11/h4-8H,1-3H3. The molecule has 1 aromatic heterocycles. The Hall–Kier alpha value is -0.890. The van der Waals surface area contributed by atoms with Crippen molar-refractivity contribution < 1.29 is 0 Å². The lowest BCUT2D eigenvalue weighted by molar-refractivity contribution is 0.872. The van der Waals surface area contributed by atoms with E-state index >= 15 is 0 Å². The molecule has 2 heteroatoms. The van der Waals surface area contributed by atoms with E-state index in [2.05, 4.69) is 66.0 Å². The first-order valence-electron chi connectivity index (χ1n) is 5.15. The predicted octanol–water partition coefficient (Wildman–Crippen LogP) is 4.43. The SMILES string of the molecule is Cc1cc2cccc(C(C)C)c2nc1Br. The van der Waals surface area contributed by atoms with Crippen LogP contribution in [0.1, 0.15) is 30.9 Å². The molecular formula is C13H14BrN. The van der Waals surface area contributed by atoms with Gasteiger partial charge in [-0.25, -0.2) is 4.98 Å². The molecular weight excluding hydrogens is 250 g/mol. The van der Waals surface area contributed by atoms with Gasteiger partial charge in [-0.3, -0.25) is 0 Å². The molecule has 0 fully saturated rings. The summed E-state index contributed by atoms with van der Waals surface area (Å²) in [6.45, 7) is 6.47. The maximum atomic E-state index is 4.61. The average Bonchev–Trinajstić information content (AvgIpc) is 2.18. The van der Waals surface area contributed by atoms with E-state index in [-0.39, 0.29) is 0 Å². The molecule has 0 aliphatic heterocycles. The van der Waals surface area contributed by atoms with Crippen LogP contribution in [0.3, 0.4) is 0 Å². The number of aromatic nitrogens is 1. The molecule has 0 aliphatic rings. The molecule has 0 spiro atoms. The van der Waals surface area contributed by atoms with Crippen LogP contribution in [0.5, 0.6) is 0 Å². The van der Waals surface area contributed by atoms with Crippen molar-refractivity contribution in [2.75, 3.05) is 0 Å². The minimum Gasteiger partial charge on any atom is -0.240 e. The number of rotatable bonds is 1. The van der Waals surface area contributed by atoms with Crippen molar-refractivity contribution in [2.24, 2.45) is 0 Å². The van der Waals surface area contributed by atoms with Gasteiger partial charge < -0.3 is 0 Å². The number of aryl methyl sites for hydroxylation is 1. The summed E-state index contributed by atoms with van der Waals surface area (Å²) in [5.74, 6) is 0.510. The van der Waals surface area contributed by atoms with Crippen LogP contribution in [-0.2, 0) is 0 Å². The first-order valence-corrected chi connectivity index (χ1v) is 5.94. The van der Waals surface area contributed by atoms with Crippen LogP contribution in [0.4, 0.5) is 0 Å². The van der Waals surface area contributed by atoms with Crippen molar-refractivity contribution in [1.82, 2.24) is 4.98 Å². The predicted molar refractivity (Wildman–Crippen MR) is 68.3 cm³/mol.